The fourth-order valence-corrected chi connectivity index (χ4v) is 2.76. The van der Waals surface area contributed by atoms with Crippen molar-refractivity contribution in [3.63, 3.8) is 0 Å². The summed E-state index contributed by atoms with van der Waals surface area (Å²) >= 11 is 0. The van der Waals surface area contributed by atoms with E-state index in [1.165, 1.54) is 10.9 Å². The Balaban J connectivity index is 2.34. The third-order valence-electron chi connectivity index (χ3n) is 3.82. The minimum Gasteiger partial charge on any atom is -0.478 e. The van der Waals surface area contributed by atoms with Crippen LogP contribution >= 0.6 is 0 Å². The molecule has 2 N–H and O–H groups in total. The summed E-state index contributed by atoms with van der Waals surface area (Å²) in [6, 6.07) is 12.8. The molecule has 0 fully saturated rings. The molecule has 3 aromatic rings. The average Bonchev–Trinajstić information content (AvgIpc) is 2.93. The van der Waals surface area contributed by atoms with Crippen LogP contribution < -0.4 is 4.57 Å². The van der Waals surface area contributed by atoms with Gasteiger partial charge in [-0.3, -0.25) is 0 Å². The molecule has 24 heavy (non-hydrogen) atoms. The average molecular weight is 323 g/mol. The highest BCUT2D eigenvalue weighted by Crippen LogP contribution is 2.22. The Morgan fingerprint density at radius 3 is 2.33 bits per heavy atom. The van der Waals surface area contributed by atoms with Gasteiger partial charge in [-0.05, 0) is 18.2 Å². The highest BCUT2D eigenvalue weighted by Gasteiger charge is 2.35. The first-order valence-electron chi connectivity index (χ1n) is 7.23. The van der Waals surface area contributed by atoms with E-state index in [0.717, 1.165) is 11.3 Å². The lowest BCUT2D eigenvalue weighted by Gasteiger charge is -2.03. The number of para-hydroxylation sites is 3. The van der Waals surface area contributed by atoms with Crippen LogP contribution in [0.15, 0.2) is 61.4 Å². The molecule has 0 radical (unpaired) electrons. The topological polar surface area (TPSA) is 83.4 Å². The second-order valence-electron chi connectivity index (χ2n) is 5.22. The summed E-state index contributed by atoms with van der Waals surface area (Å²) in [7, 11) is 0. The first kappa shape index (κ1) is 15.5. The van der Waals surface area contributed by atoms with Gasteiger partial charge in [-0.15, -0.1) is 0 Å². The van der Waals surface area contributed by atoms with Gasteiger partial charge in [-0.2, -0.15) is 4.57 Å². The van der Waals surface area contributed by atoms with Crippen LogP contribution in [0, 0.1) is 0 Å². The van der Waals surface area contributed by atoms with Crippen molar-refractivity contribution >= 4 is 29.0 Å². The van der Waals surface area contributed by atoms with Crippen molar-refractivity contribution in [2.75, 3.05) is 0 Å². The Hall–Kier alpha value is -3.41. The van der Waals surface area contributed by atoms with E-state index in [4.69, 9.17) is 0 Å². The molecule has 0 amide bonds. The molecule has 0 spiro atoms. The quantitative estimate of drug-likeness (QED) is 0.557. The predicted molar refractivity (Wildman–Crippen MR) is 87.9 cm³/mol. The maximum Gasteiger partial charge on any atom is 0.361 e. The number of nitrogens with zero attached hydrogens (tertiary/aromatic N) is 2. The molecule has 3 rings (SSSR count). The second kappa shape index (κ2) is 6.00. The van der Waals surface area contributed by atoms with Crippen LogP contribution in [0.2, 0.25) is 0 Å². The molecular formula is C18H15N2O4+. The molecule has 0 atom stereocenters. The summed E-state index contributed by atoms with van der Waals surface area (Å²) in [4.78, 5) is 22.9. The van der Waals surface area contributed by atoms with Crippen LogP contribution in [0.25, 0.3) is 22.8 Å². The Kier molecular flexibility index (Phi) is 3.87. The first-order valence-corrected chi connectivity index (χ1v) is 7.23. The predicted octanol–water partition coefficient (Wildman–Crippen LogP) is 2.27. The summed E-state index contributed by atoms with van der Waals surface area (Å²) in [6.45, 7) is 3.79. The van der Waals surface area contributed by atoms with Gasteiger partial charge in [0.05, 0.1) is 0 Å². The smallest absolute Gasteiger partial charge is 0.361 e. The molecule has 6 heteroatoms. The van der Waals surface area contributed by atoms with Crippen LogP contribution in [-0.2, 0) is 9.59 Å². The summed E-state index contributed by atoms with van der Waals surface area (Å²) in [5, 5.41) is 18.6. The van der Waals surface area contributed by atoms with E-state index in [2.05, 4.69) is 6.58 Å². The number of hydrogen-bond donors (Lipinski definition) is 2. The van der Waals surface area contributed by atoms with E-state index in [9.17, 15) is 19.8 Å². The third-order valence-corrected chi connectivity index (χ3v) is 3.82. The normalized spacial score (nSPS) is 10.9. The molecule has 6 nitrogen and oxygen atoms in total. The van der Waals surface area contributed by atoms with E-state index < -0.39 is 18.0 Å². The number of aromatic nitrogens is 2. The van der Waals surface area contributed by atoms with Gasteiger partial charge in [0.25, 0.3) is 12.4 Å². The number of benzene rings is 2. The summed E-state index contributed by atoms with van der Waals surface area (Å²) in [6.07, 6.45) is 3.19. The number of carbonyl (C=O) groups is 2. The van der Waals surface area contributed by atoms with Crippen molar-refractivity contribution < 1.29 is 24.4 Å². The summed E-state index contributed by atoms with van der Waals surface area (Å²) in [5.74, 6) is -2.85. The van der Waals surface area contributed by atoms with Gasteiger partial charge in [0, 0.05) is 5.56 Å². The van der Waals surface area contributed by atoms with Crippen LogP contribution in [0.3, 0.4) is 0 Å². The lowest BCUT2D eigenvalue weighted by atomic mass is 10.1. The SMILES string of the molecule is C=Cc1ccccc1-n1c[n+](C(C(=O)O)C(=O)O)c2ccccc21. The maximum absolute atomic E-state index is 11.4. The molecule has 0 saturated heterocycles. The molecular weight excluding hydrogens is 308 g/mol. The van der Waals surface area contributed by atoms with E-state index >= 15 is 0 Å². The number of carboxylic acids is 2. The van der Waals surface area contributed by atoms with Gasteiger partial charge >= 0.3 is 11.9 Å². The molecule has 0 aliphatic rings. The Morgan fingerprint density at radius 1 is 1.04 bits per heavy atom. The standard InChI is InChI=1S/C18H14N2O4/c1-2-12-7-3-4-8-13(12)19-11-20(16(17(21)22)18(23)24)15-10-6-5-9-14(15)19/h2-11,16H,1H2,(H-,21,22,23,24)/p+1. The maximum atomic E-state index is 11.4. The number of fused-ring (bicyclic) bond motifs is 1. The molecule has 0 bridgehead atoms. The number of aliphatic carboxylic acids is 2. The molecule has 1 aromatic heterocycles. The molecule has 2 aromatic carbocycles. The zero-order valence-corrected chi connectivity index (χ0v) is 12.7. The van der Waals surface area contributed by atoms with Gasteiger partial charge in [-0.25, -0.2) is 14.2 Å². The number of rotatable bonds is 5. The second-order valence-corrected chi connectivity index (χ2v) is 5.22. The van der Waals surface area contributed by atoms with Crippen LogP contribution in [0.5, 0.6) is 0 Å². The number of imidazole rings is 1. The van der Waals surface area contributed by atoms with Crippen LogP contribution in [0.4, 0.5) is 0 Å². The Morgan fingerprint density at radius 2 is 1.67 bits per heavy atom. The van der Waals surface area contributed by atoms with Crippen LogP contribution in [-0.4, -0.2) is 26.7 Å². The van der Waals surface area contributed by atoms with Crippen molar-refractivity contribution in [2.45, 2.75) is 6.04 Å². The molecule has 120 valence electrons. The van der Waals surface area contributed by atoms with Crippen molar-refractivity contribution in [1.29, 1.82) is 0 Å². The summed E-state index contributed by atoms with van der Waals surface area (Å²) < 4.78 is 3.02. The minimum absolute atomic E-state index is 0.520. The number of hydrogen-bond acceptors (Lipinski definition) is 2. The highest BCUT2D eigenvalue weighted by molar-refractivity contribution is 5.93. The molecule has 0 unspecified atom stereocenters. The van der Waals surface area contributed by atoms with Crippen molar-refractivity contribution in [2.24, 2.45) is 0 Å². The molecule has 0 saturated carbocycles. The molecule has 0 aliphatic carbocycles. The highest BCUT2D eigenvalue weighted by atomic mass is 16.4. The zero-order valence-electron chi connectivity index (χ0n) is 12.7. The fraction of sp³-hybridized carbons (Fsp3) is 0.0556. The zero-order chi connectivity index (χ0) is 17.3. The van der Waals surface area contributed by atoms with E-state index in [1.807, 2.05) is 36.4 Å². The van der Waals surface area contributed by atoms with Gasteiger partial charge in [-0.1, -0.05) is 43.0 Å². The van der Waals surface area contributed by atoms with E-state index in [0.29, 0.717) is 11.0 Å². The van der Waals surface area contributed by atoms with Crippen LogP contribution in [0.1, 0.15) is 11.6 Å². The van der Waals surface area contributed by atoms with Gasteiger partial charge in [0.1, 0.15) is 5.69 Å². The third kappa shape index (κ3) is 2.44. The molecule has 1 heterocycles. The Bertz CT molecular complexity index is 945. The van der Waals surface area contributed by atoms with Crippen molar-refractivity contribution in [3.8, 4) is 5.69 Å². The van der Waals surface area contributed by atoms with E-state index in [-0.39, 0.29) is 0 Å². The summed E-state index contributed by atoms with van der Waals surface area (Å²) in [5.41, 5.74) is 2.87. The lowest BCUT2D eigenvalue weighted by molar-refractivity contribution is -0.674. The Labute approximate surface area is 137 Å². The fourth-order valence-electron chi connectivity index (χ4n) is 2.76. The van der Waals surface area contributed by atoms with Gasteiger partial charge < -0.3 is 10.2 Å². The van der Waals surface area contributed by atoms with E-state index in [1.54, 1.807) is 22.8 Å². The van der Waals surface area contributed by atoms with Crippen molar-refractivity contribution in [3.05, 3.63) is 67.0 Å². The largest absolute Gasteiger partial charge is 0.478 e. The number of carboxylic acid groups (broad SMARTS) is 2. The molecule has 0 aliphatic heterocycles. The van der Waals surface area contributed by atoms with Gasteiger partial charge in [0.15, 0.2) is 11.0 Å². The minimum atomic E-state index is -1.70. The van der Waals surface area contributed by atoms with Crippen molar-refractivity contribution in [1.82, 2.24) is 4.57 Å². The first-order chi connectivity index (χ1) is 11.5. The monoisotopic (exact) mass is 323 g/mol. The lowest BCUT2D eigenvalue weighted by Crippen LogP contribution is -2.47. The van der Waals surface area contributed by atoms with Gasteiger partial charge in [0.2, 0.25) is 0 Å².